The van der Waals surface area contributed by atoms with Crippen LogP contribution in [-0.4, -0.2) is 34.6 Å². The largest absolute Gasteiger partial charge is 0.509 e. The van der Waals surface area contributed by atoms with Crippen molar-refractivity contribution in [2.45, 2.75) is 65.2 Å². The lowest BCUT2D eigenvalue weighted by molar-refractivity contribution is 0.241. The van der Waals surface area contributed by atoms with Crippen LogP contribution in [-0.2, 0) is 0 Å². The number of rotatable bonds is 14. The zero-order valence-corrected chi connectivity index (χ0v) is 20.3. The monoisotopic (exact) mass is 459 g/mol. The molecule has 0 radical (unpaired) electrons. The Morgan fingerprint density at radius 2 is 1.65 bits per heavy atom. The van der Waals surface area contributed by atoms with E-state index in [0.29, 0.717) is 16.6 Å². The van der Waals surface area contributed by atoms with Gasteiger partial charge in [0.05, 0.1) is 12.2 Å². The van der Waals surface area contributed by atoms with E-state index in [1.807, 2.05) is 29.6 Å². The van der Waals surface area contributed by atoms with Gasteiger partial charge < -0.3 is 5.11 Å². The van der Waals surface area contributed by atoms with E-state index in [0.717, 1.165) is 37.2 Å². The molecular weight excluding hydrogens is 426 g/mol. The van der Waals surface area contributed by atoms with Gasteiger partial charge in [0.2, 0.25) is 0 Å². The Morgan fingerprint density at radius 1 is 1.03 bits per heavy atom. The number of aliphatic hydroxyl groups is 1. The summed E-state index contributed by atoms with van der Waals surface area (Å²) in [6, 6.07) is 9.64. The van der Waals surface area contributed by atoms with Gasteiger partial charge in [-0.1, -0.05) is 76.1 Å². The Balaban J connectivity index is 2.11. The van der Waals surface area contributed by atoms with Crippen molar-refractivity contribution in [2.24, 2.45) is 0 Å². The van der Waals surface area contributed by atoms with Gasteiger partial charge in [-0.2, -0.15) is 5.26 Å². The summed E-state index contributed by atoms with van der Waals surface area (Å²) in [4.78, 5) is 6.88. The van der Waals surface area contributed by atoms with Gasteiger partial charge in [-0.25, -0.2) is 4.98 Å². The van der Waals surface area contributed by atoms with E-state index in [2.05, 4.69) is 29.8 Å². The van der Waals surface area contributed by atoms with Gasteiger partial charge in [-0.15, -0.1) is 11.3 Å². The summed E-state index contributed by atoms with van der Waals surface area (Å²) < 4.78 is 0. The van der Waals surface area contributed by atoms with E-state index < -0.39 is 0 Å². The van der Waals surface area contributed by atoms with Crippen molar-refractivity contribution in [3.63, 3.8) is 0 Å². The third-order valence-electron chi connectivity index (χ3n) is 5.29. The summed E-state index contributed by atoms with van der Waals surface area (Å²) in [7, 11) is 0. The first-order chi connectivity index (χ1) is 15.1. The number of allylic oxidation sites excluding steroid dienone is 1. The lowest BCUT2D eigenvalue weighted by Crippen LogP contribution is -2.28. The molecule has 0 aliphatic heterocycles. The first-order valence-electron chi connectivity index (χ1n) is 11.3. The minimum atomic E-state index is 0.116. The molecule has 0 bridgehead atoms. The van der Waals surface area contributed by atoms with Crippen molar-refractivity contribution in [3.05, 3.63) is 45.4 Å². The second-order valence-electron chi connectivity index (χ2n) is 7.88. The van der Waals surface area contributed by atoms with Crippen LogP contribution < -0.4 is 0 Å². The van der Waals surface area contributed by atoms with Crippen molar-refractivity contribution in [1.29, 1.82) is 5.26 Å². The molecule has 0 amide bonds. The molecular formula is C25H34ClN3OS. The molecule has 1 aromatic carbocycles. The zero-order chi connectivity index (χ0) is 22.5. The molecule has 168 valence electrons. The summed E-state index contributed by atoms with van der Waals surface area (Å²) in [5, 5.41) is 23.7. The number of halogens is 1. The van der Waals surface area contributed by atoms with Gasteiger partial charge in [0.15, 0.2) is 0 Å². The SMILES string of the molecule is CCCCCCN(CCCCCC)CC(O)=C(C#N)c1nc(-c2ccc(Cl)cc2)cs1. The Labute approximate surface area is 196 Å². The van der Waals surface area contributed by atoms with Crippen molar-refractivity contribution in [2.75, 3.05) is 19.6 Å². The van der Waals surface area contributed by atoms with Gasteiger partial charge in [0.1, 0.15) is 22.4 Å². The van der Waals surface area contributed by atoms with Crippen LogP contribution in [0.1, 0.15) is 70.2 Å². The van der Waals surface area contributed by atoms with Crippen LogP contribution in [0.3, 0.4) is 0 Å². The summed E-state index contributed by atoms with van der Waals surface area (Å²) in [6.45, 7) is 6.72. The number of thiazole rings is 1. The zero-order valence-electron chi connectivity index (χ0n) is 18.7. The van der Waals surface area contributed by atoms with Gasteiger partial charge in [-0.05, 0) is 38.1 Å². The molecule has 0 spiro atoms. The maximum Gasteiger partial charge on any atom is 0.138 e. The quantitative estimate of drug-likeness (QED) is 0.178. The van der Waals surface area contributed by atoms with Crippen LogP contribution in [0.4, 0.5) is 0 Å². The summed E-state index contributed by atoms with van der Waals surface area (Å²) in [6.07, 6.45) is 9.54. The molecule has 31 heavy (non-hydrogen) atoms. The third-order valence-corrected chi connectivity index (χ3v) is 6.40. The fourth-order valence-corrected chi connectivity index (χ4v) is 4.43. The lowest BCUT2D eigenvalue weighted by Gasteiger charge is -2.22. The molecule has 0 aliphatic carbocycles. The number of nitrogens with zero attached hydrogens (tertiary/aromatic N) is 3. The minimum Gasteiger partial charge on any atom is -0.509 e. The Morgan fingerprint density at radius 3 is 2.19 bits per heavy atom. The fraction of sp³-hybridized carbons (Fsp3) is 0.520. The number of benzene rings is 1. The summed E-state index contributed by atoms with van der Waals surface area (Å²) in [5.41, 5.74) is 2.00. The highest BCUT2D eigenvalue weighted by Crippen LogP contribution is 2.28. The molecule has 0 atom stereocenters. The van der Waals surface area contributed by atoms with Gasteiger partial charge >= 0.3 is 0 Å². The minimum absolute atomic E-state index is 0.116. The number of aromatic nitrogens is 1. The molecule has 1 aromatic heterocycles. The molecule has 0 unspecified atom stereocenters. The maximum atomic E-state index is 10.8. The fourth-order valence-electron chi connectivity index (χ4n) is 3.46. The van der Waals surface area contributed by atoms with Crippen LogP contribution in [0.15, 0.2) is 35.4 Å². The molecule has 6 heteroatoms. The van der Waals surface area contributed by atoms with Crippen molar-refractivity contribution in [1.82, 2.24) is 9.88 Å². The third kappa shape index (κ3) is 8.65. The summed E-state index contributed by atoms with van der Waals surface area (Å²) in [5.74, 6) is 0.116. The number of unbranched alkanes of at least 4 members (excludes halogenated alkanes) is 6. The average Bonchev–Trinajstić information content (AvgIpc) is 3.24. The van der Waals surface area contributed by atoms with Gasteiger partial charge in [0, 0.05) is 16.0 Å². The average molecular weight is 460 g/mol. The van der Waals surface area contributed by atoms with Crippen molar-refractivity contribution < 1.29 is 5.11 Å². The molecule has 0 fully saturated rings. The molecule has 0 saturated heterocycles. The normalized spacial score (nSPS) is 12.1. The molecule has 1 heterocycles. The van der Waals surface area contributed by atoms with Crippen LogP contribution in [0.2, 0.25) is 5.02 Å². The number of hydrogen-bond donors (Lipinski definition) is 1. The summed E-state index contributed by atoms with van der Waals surface area (Å²) >= 11 is 7.35. The predicted molar refractivity (Wildman–Crippen MR) is 132 cm³/mol. The van der Waals surface area contributed by atoms with E-state index >= 15 is 0 Å². The standard InChI is InChI=1S/C25H34ClN3OS/c1-3-5-7-9-15-29(16-10-8-6-4-2)18-24(30)22(17-27)25-28-23(19-31-25)20-11-13-21(26)14-12-20/h11-14,19,30H,3-10,15-16,18H2,1-2H3. The lowest BCUT2D eigenvalue weighted by atomic mass is 10.1. The second kappa shape index (κ2) is 14.2. The van der Waals surface area contributed by atoms with E-state index in [1.165, 1.54) is 49.9 Å². The van der Waals surface area contributed by atoms with Crippen LogP contribution >= 0.6 is 22.9 Å². The van der Waals surface area contributed by atoms with Crippen LogP contribution in [0.5, 0.6) is 0 Å². The van der Waals surface area contributed by atoms with E-state index in [4.69, 9.17) is 11.6 Å². The first-order valence-corrected chi connectivity index (χ1v) is 12.6. The van der Waals surface area contributed by atoms with Crippen LogP contribution in [0, 0.1) is 11.3 Å². The molecule has 0 saturated carbocycles. The topological polar surface area (TPSA) is 60.1 Å². The molecule has 0 aliphatic rings. The smallest absolute Gasteiger partial charge is 0.138 e. The van der Waals surface area contributed by atoms with E-state index in [-0.39, 0.29) is 11.3 Å². The van der Waals surface area contributed by atoms with E-state index in [9.17, 15) is 10.4 Å². The predicted octanol–water partition coefficient (Wildman–Crippen LogP) is 7.72. The van der Waals surface area contributed by atoms with Crippen molar-refractivity contribution in [3.8, 4) is 17.3 Å². The molecule has 2 rings (SSSR count). The van der Waals surface area contributed by atoms with Crippen LogP contribution in [0.25, 0.3) is 16.8 Å². The Kier molecular flexibility index (Phi) is 11.7. The number of hydrogen-bond acceptors (Lipinski definition) is 5. The molecule has 1 N–H and O–H groups in total. The highest BCUT2D eigenvalue weighted by atomic mass is 35.5. The Bertz CT molecular complexity index is 842. The highest BCUT2D eigenvalue weighted by molar-refractivity contribution is 7.11. The van der Waals surface area contributed by atoms with Crippen molar-refractivity contribution >= 4 is 28.5 Å². The van der Waals surface area contributed by atoms with Gasteiger partial charge in [0.25, 0.3) is 0 Å². The van der Waals surface area contributed by atoms with Gasteiger partial charge in [-0.3, -0.25) is 4.90 Å². The first kappa shape index (κ1) is 25.4. The number of aliphatic hydroxyl groups excluding tert-OH is 1. The Hall–Kier alpha value is -1.87. The maximum absolute atomic E-state index is 10.8. The molecule has 4 nitrogen and oxygen atoms in total. The van der Waals surface area contributed by atoms with E-state index in [1.54, 1.807) is 0 Å². The molecule has 2 aromatic rings. The second-order valence-corrected chi connectivity index (χ2v) is 9.17. The number of nitriles is 1. The highest BCUT2D eigenvalue weighted by Gasteiger charge is 2.16.